The molecule has 2 N–H and O–H groups in total. The minimum absolute atomic E-state index is 0.0373. The third kappa shape index (κ3) is 3.80. The van der Waals surface area contributed by atoms with Crippen molar-refractivity contribution in [3.05, 3.63) is 101 Å². The highest BCUT2D eigenvalue weighted by Gasteiger charge is 2.75. The summed E-state index contributed by atoms with van der Waals surface area (Å²) in [5, 5.41) is 23.6. The number of likely N-dealkylation sites (N-methyl/N-ethyl adjacent to an activating group) is 1. The van der Waals surface area contributed by atoms with Crippen LogP contribution in [0.15, 0.2) is 72.8 Å². The molecule has 2 fully saturated rings. The van der Waals surface area contributed by atoms with Crippen molar-refractivity contribution in [1.29, 1.82) is 0 Å². The van der Waals surface area contributed by atoms with Gasteiger partial charge in [0.05, 0.1) is 11.5 Å². The summed E-state index contributed by atoms with van der Waals surface area (Å²) in [5.74, 6) is -0.0327. The number of amides is 1. The molecule has 7 nitrogen and oxygen atoms in total. The van der Waals surface area contributed by atoms with Crippen molar-refractivity contribution in [2.45, 2.75) is 61.8 Å². The molecule has 1 saturated heterocycles. The van der Waals surface area contributed by atoms with Crippen LogP contribution in [0.5, 0.6) is 11.5 Å². The fourth-order valence-corrected chi connectivity index (χ4v) is 8.24. The molecule has 216 valence electrons. The Hall–Kier alpha value is -3.94. The van der Waals surface area contributed by atoms with Crippen LogP contribution in [0, 0.1) is 6.92 Å². The quantitative estimate of drug-likeness (QED) is 0.435. The van der Waals surface area contributed by atoms with E-state index in [4.69, 9.17) is 4.74 Å². The normalized spacial score (nSPS) is 29.3. The predicted octanol–water partition coefficient (Wildman–Crippen LogP) is 4.28. The monoisotopic (exact) mass is 564 g/mol. The first-order chi connectivity index (χ1) is 20.2. The van der Waals surface area contributed by atoms with E-state index in [1.165, 1.54) is 11.6 Å². The second kappa shape index (κ2) is 9.82. The molecule has 7 rings (SSSR count). The van der Waals surface area contributed by atoms with E-state index in [0.29, 0.717) is 43.5 Å². The predicted molar refractivity (Wildman–Crippen MR) is 160 cm³/mol. The van der Waals surface area contributed by atoms with Crippen LogP contribution < -0.4 is 4.74 Å². The molecule has 3 aromatic rings. The van der Waals surface area contributed by atoms with Gasteiger partial charge in [0.1, 0.15) is 17.7 Å². The van der Waals surface area contributed by atoms with Crippen LogP contribution in [-0.2, 0) is 16.6 Å². The molecule has 5 atom stereocenters. The molecule has 7 heteroatoms. The Bertz CT molecular complexity index is 1600. The van der Waals surface area contributed by atoms with Crippen molar-refractivity contribution in [3.63, 3.8) is 0 Å². The maximum absolute atomic E-state index is 14.1. The largest absolute Gasteiger partial charge is 0.504 e. The van der Waals surface area contributed by atoms with Gasteiger partial charge < -0.3 is 19.8 Å². The molecule has 0 radical (unpaired) electrons. The summed E-state index contributed by atoms with van der Waals surface area (Å²) in [6.45, 7) is 3.27. The lowest BCUT2D eigenvalue weighted by atomic mass is 9.48. The Morgan fingerprint density at radius 1 is 1.12 bits per heavy atom. The summed E-state index contributed by atoms with van der Waals surface area (Å²) in [6.07, 6.45) is 4.97. The number of Topliss-reactive ketones (excluding diaryl/α,β-unsaturated/α-hetero) is 1. The topological polar surface area (TPSA) is 90.3 Å². The van der Waals surface area contributed by atoms with Crippen LogP contribution in [0.25, 0.3) is 6.08 Å². The summed E-state index contributed by atoms with van der Waals surface area (Å²) in [4.78, 5) is 31.5. The van der Waals surface area contributed by atoms with E-state index in [1.54, 1.807) is 24.1 Å². The number of benzene rings is 3. The van der Waals surface area contributed by atoms with Crippen molar-refractivity contribution >= 4 is 17.8 Å². The van der Waals surface area contributed by atoms with E-state index in [1.807, 2.05) is 55.5 Å². The number of hydrogen-bond acceptors (Lipinski definition) is 6. The average molecular weight is 565 g/mol. The minimum atomic E-state index is -1.38. The molecule has 0 unspecified atom stereocenters. The Morgan fingerprint density at radius 3 is 2.71 bits per heavy atom. The zero-order valence-electron chi connectivity index (χ0n) is 24.0. The number of rotatable bonds is 6. The second-order valence-corrected chi connectivity index (χ2v) is 12.4. The van der Waals surface area contributed by atoms with Crippen LogP contribution in [0.1, 0.15) is 51.9 Å². The van der Waals surface area contributed by atoms with Gasteiger partial charge in [-0.2, -0.15) is 0 Å². The van der Waals surface area contributed by atoms with Crippen molar-refractivity contribution in [1.82, 2.24) is 9.80 Å². The van der Waals surface area contributed by atoms with Crippen LogP contribution in [-0.4, -0.2) is 75.6 Å². The van der Waals surface area contributed by atoms with Gasteiger partial charge in [-0.05, 0) is 61.9 Å². The molecule has 1 saturated carbocycles. The third-order valence-electron chi connectivity index (χ3n) is 10.2. The Morgan fingerprint density at radius 2 is 1.93 bits per heavy atom. The smallest absolute Gasteiger partial charge is 0.246 e. The molecule has 42 heavy (non-hydrogen) atoms. The molecular formula is C35H36N2O5. The fraction of sp³-hybridized carbons (Fsp3) is 0.371. The lowest BCUT2D eigenvalue weighted by molar-refractivity contribution is -0.187. The molecule has 2 heterocycles. The molecule has 1 spiro atoms. The van der Waals surface area contributed by atoms with Gasteiger partial charge >= 0.3 is 0 Å². The number of nitrogens with zero attached hydrogens (tertiary/aromatic N) is 2. The van der Waals surface area contributed by atoms with Crippen LogP contribution in [0.4, 0.5) is 0 Å². The van der Waals surface area contributed by atoms with Crippen molar-refractivity contribution in [3.8, 4) is 11.5 Å². The Kier molecular flexibility index (Phi) is 6.29. The maximum atomic E-state index is 14.1. The van der Waals surface area contributed by atoms with Gasteiger partial charge in [-0.1, -0.05) is 60.2 Å². The number of aliphatic hydroxyl groups is 1. The standard InChI is InChI=1S/C35H36N2O5/c1-22-7-6-10-24(21-22)11-14-28(39)36(2)26-15-17-35(41)32-30(40)25-12-13-27(38)31-29(25)34(35,33(26)42-31)18-20-37(32)19-16-23-8-4-3-5-9-23/h3-14,21,26,32-33,38,41H,15-20H2,1-2H3/t26-,32+,33-,34-,35+/m0/s1. The molecule has 2 aliphatic heterocycles. The molecule has 2 aliphatic carbocycles. The van der Waals surface area contributed by atoms with E-state index >= 15 is 0 Å². The van der Waals surface area contributed by atoms with E-state index in [9.17, 15) is 19.8 Å². The molecule has 1 amide bonds. The minimum Gasteiger partial charge on any atom is -0.504 e. The average Bonchev–Trinajstić information content (AvgIpc) is 3.34. The van der Waals surface area contributed by atoms with Crippen LogP contribution in [0.2, 0.25) is 0 Å². The molecule has 4 aliphatic rings. The Balaban J connectivity index is 1.24. The van der Waals surface area contributed by atoms with E-state index in [2.05, 4.69) is 17.0 Å². The first-order valence-electron chi connectivity index (χ1n) is 14.8. The first-order valence-corrected chi connectivity index (χ1v) is 14.8. The SMILES string of the molecule is Cc1cccc(C=CC(=O)N(C)[C@H]2CC[C@@]3(O)[C@H]4C(=O)c5ccc(O)c6c5[C@@]3(CCN4CCc3ccccc3)[C@H]2O6)c1. The number of phenols is 1. The van der Waals surface area contributed by atoms with Crippen LogP contribution in [0.3, 0.4) is 0 Å². The summed E-state index contributed by atoms with van der Waals surface area (Å²) < 4.78 is 6.55. The number of ether oxygens (including phenoxy) is 1. The number of carbonyl (C=O) groups is 2. The summed E-state index contributed by atoms with van der Waals surface area (Å²) in [7, 11) is 1.78. The molecule has 2 bridgehead atoms. The summed E-state index contributed by atoms with van der Waals surface area (Å²) >= 11 is 0. The zero-order chi connectivity index (χ0) is 29.2. The number of ketones is 1. The Labute approximate surface area is 246 Å². The van der Waals surface area contributed by atoms with Crippen molar-refractivity contribution < 1.29 is 24.5 Å². The second-order valence-electron chi connectivity index (χ2n) is 12.4. The van der Waals surface area contributed by atoms with Crippen LogP contribution >= 0.6 is 0 Å². The molecule has 3 aromatic carbocycles. The van der Waals surface area contributed by atoms with E-state index < -0.39 is 23.2 Å². The summed E-state index contributed by atoms with van der Waals surface area (Å²) in [6, 6.07) is 20.3. The highest BCUT2D eigenvalue weighted by atomic mass is 16.5. The fourth-order valence-electron chi connectivity index (χ4n) is 8.24. The number of hydrogen-bond donors (Lipinski definition) is 2. The van der Waals surface area contributed by atoms with Gasteiger partial charge in [0.2, 0.25) is 5.91 Å². The zero-order valence-corrected chi connectivity index (χ0v) is 24.0. The summed E-state index contributed by atoms with van der Waals surface area (Å²) in [5.41, 5.74) is 2.10. The number of aromatic hydroxyl groups is 1. The van der Waals surface area contributed by atoms with Gasteiger partial charge in [0.25, 0.3) is 0 Å². The van der Waals surface area contributed by atoms with Gasteiger partial charge in [0.15, 0.2) is 17.3 Å². The number of likely N-dealkylation sites (tertiary alicyclic amines) is 1. The number of aryl methyl sites for hydroxylation is 1. The highest BCUT2D eigenvalue weighted by molar-refractivity contribution is 6.06. The van der Waals surface area contributed by atoms with Crippen molar-refractivity contribution in [2.24, 2.45) is 0 Å². The van der Waals surface area contributed by atoms with Gasteiger partial charge in [-0.25, -0.2) is 0 Å². The molecule has 0 aromatic heterocycles. The number of carbonyl (C=O) groups excluding carboxylic acids is 2. The lowest BCUT2D eigenvalue weighted by Crippen LogP contribution is -2.79. The van der Waals surface area contributed by atoms with Gasteiger partial charge in [0, 0.05) is 37.3 Å². The molecular weight excluding hydrogens is 528 g/mol. The first kappa shape index (κ1) is 26.9. The number of phenolic OH excluding ortho intramolecular Hbond substituents is 1. The maximum Gasteiger partial charge on any atom is 0.246 e. The highest BCUT2D eigenvalue weighted by Crippen LogP contribution is 2.65. The van der Waals surface area contributed by atoms with E-state index in [-0.39, 0.29) is 29.2 Å². The number of piperidine rings is 1. The van der Waals surface area contributed by atoms with E-state index in [0.717, 1.165) is 17.5 Å². The third-order valence-corrected chi connectivity index (χ3v) is 10.2. The van der Waals surface area contributed by atoms with Gasteiger partial charge in [-0.15, -0.1) is 0 Å². The van der Waals surface area contributed by atoms with Gasteiger partial charge in [-0.3, -0.25) is 14.5 Å². The lowest BCUT2D eigenvalue weighted by Gasteiger charge is -2.63. The van der Waals surface area contributed by atoms with Crippen molar-refractivity contribution in [2.75, 3.05) is 20.1 Å².